The summed E-state index contributed by atoms with van der Waals surface area (Å²) in [6.45, 7) is 4.68. The maximum atomic E-state index is 13.1. The van der Waals surface area contributed by atoms with Crippen molar-refractivity contribution in [2.45, 2.75) is 32.8 Å². The van der Waals surface area contributed by atoms with Crippen molar-refractivity contribution in [1.29, 1.82) is 0 Å². The Morgan fingerprint density at radius 3 is 2.75 bits per heavy atom. The molecular weight excluding hydrogens is 205 g/mol. The van der Waals surface area contributed by atoms with Gasteiger partial charge in [0.15, 0.2) is 0 Å². The second-order valence-electron chi connectivity index (χ2n) is 4.00. The largest absolute Gasteiger partial charge is 0.489 e. The smallest absolute Gasteiger partial charge is 0.126 e. The minimum Gasteiger partial charge on any atom is -0.489 e. The van der Waals surface area contributed by atoms with E-state index in [0.717, 1.165) is 25.1 Å². The molecule has 0 aromatic heterocycles. The van der Waals surface area contributed by atoms with Gasteiger partial charge in [0.05, 0.1) is 0 Å². The molecule has 16 heavy (non-hydrogen) atoms. The van der Waals surface area contributed by atoms with E-state index in [2.05, 4.69) is 12.2 Å². The van der Waals surface area contributed by atoms with Crippen molar-refractivity contribution in [3.05, 3.63) is 29.6 Å². The van der Waals surface area contributed by atoms with Crippen LogP contribution in [-0.4, -0.2) is 19.7 Å². The van der Waals surface area contributed by atoms with Crippen LogP contribution in [-0.2, 0) is 0 Å². The van der Waals surface area contributed by atoms with Crippen molar-refractivity contribution in [2.75, 3.05) is 13.6 Å². The number of hydrogen-bond donors (Lipinski definition) is 1. The SMILES string of the molecule is CCCC(CNC)Oc1ccc(F)c(C)c1. The van der Waals surface area contributed by atoms with E-state index in [1.807, 2.05) is 7.05 Å². The molecule has 0 saturated carbocycles. The van der Waals surface area contributed by atoms with E-state index in [1.54, 1.807) is 19.1 Å². The predicted molar refractivity (Wildman–Crippen MR) is 64.4 cm³/mol. The third-order valence-electron chi connectivity index (χ3n) is 2.47. The molecule has 1 atom stereocenters. The Labute approximate surface area is 96.8 Å². The topological polar surface area (TPSA) is 21.3 Å². The van der Waals surface area contributed by atoms with Gasteiger partial charge < -0.3 is 10.1 Å². The van der Waals surface area contributed by atoms with E-state index in [4.69, 9.17) is 4.74 Å². The predicted octanol–water partition coefficient (Wildman–Crippen LogP) is 2.90. The fourth-order valence-electron chi connectivity index (χ4n) is 1.64. The highest BCUT2D eigenvalue weighted by atomic mass is 19.1. The van der Waals surface area contributed by atoms with Gasteiger partial charge >= 0.3 is 0 Å². The highest BCUT2D eigenvalue weighted by molar-refractivity contribution is 5.29. The first-order valence-corrected chi connectivity index (χ1v) is 5.74. The average molecular weight is 225 g/mol. The minimum atomic E-state index is -0.187. The zero-order valence-corrected chi connectivity index (χ0v) is 10.2. The van der Waals surface area contributed by atoms with Gasteiger partial charge in [-0.25, -0.2) is 4.39 Å². The maximum absolute atomic E-state index is 13.1. The fraction of sp³-hybridized carbons (Fsp3) is 0.538. The quantitative estimate of drug-likeness (QED) is 0.803. The van der Waals surface area contributed by atoms with Crippen molar-refractivity contribution in [3.8, 4) is 5.75 Å². The lowest BCUT2D eigenvalue weighted by Gasteiger charge is -2.18. The summed E-state index contributed by atoms with van der Waals surface area (Å²) in [6.07, 6.45) is 2.23. The van der Waals surface area contributed by atoms with Crippen molar-refractivity contribution in [3.63, 3.8) is 0 Å². The second kappa shape index (κ2) is 6.48. The van der Waals surface area contributed by atoms with Crippen molar-refractivity contribution >= 4 is 0 Å². The van der Waals surface area contributed by atoms with Crippen molar-refractivity contribution in [2.24, 2.45) is 0 Å². The second-order valence-corrected chi connectivity index (χ2v) is 4.00. The molecule has 0 radical (unpaired) electrons. The molecule has 0 aliphatic carbocycles. The van der Waals surface area contributed by atoms with Gasteiger partial charge in [-0.3, -0.25) is 0 Å². The number of nitrogens with one attached hydrogen (secondary N) is 1. The average Bonchev–Trinajstić information content (AvgIpc) is 2.24. The molecule has 0 bridgehead atoms. The van der Waals surface area contributed by atoms with E-state index in [1.165, 1.54) is 6.07 Å². The first-order valence-electron chi connectivity index (χ1n) is 5.74. The van der Waals surface area contributed by atoms with Crippen LogP contribution in [0.1, 0.15) is 25.3 Å². The zero-order chi connectivity index (χ0) is 12.0. The van der Waals surface area contributed by atoms with Crippen LogP contribution >= 0.6 is 0 Å². The molecule has 1 aromatic rings. The fourth-order valence-corrected chi connectivity index (χ4v) is 1.64. The molecule has 0 saturated heterocycles. The Morgan fingerprint density at radius 1 is 1.44 bits per heavy atom. The van der Waals surface area contributed by atoms with Crippen LogP contribution in [0.2, 0.25) is 0 Å². The number of likely N-dealkylation sites (N-methyl/N-ethyl adjacent to an activating group) is 1. The molecule has 1 unspecified atom stereocenters. The number of ether oxygens (including phenoxy) is 1. The molecule has 0 spiro atoms. The first kappa shape index (κ1) is 13.0. The van der Waals surface area contributed by atoms with Gasteiger partial charge in [0, 0.05) is 6.54 Å². The summed E-state index contributed by atoms with van der Waals surface area (Å²) in [7, 11) is 1.90. The summed E-state index contributed by atoms with van der Waals surface area (Å²) < 4.78 is 18.9. The Kier molecular flexibility index (Phi) is 5.26. The summed E-state index contributed by atoms with van der Waals surface area (Å²) >= 11 is 0. The number of rotatable bonds is 6. The maximum Gasteiger partial charge on any atom is 0.126 e. The molecule has 0 heterocycles. The lowest BCUT2D eigenvalue weighted by molar-refractivity contribution is 0.189. The van der Waals surface area contributed by atoms with E-state index in [-0.39, 0.29) is 11.9 Å². The number of aryl methyl sites for hydroxylation is 1. The normalized spacial score (nSPS) is 12.5. The number of benzene rings is 1. The van der Waals surface area contributed by atoms with Gasteiger partial charge in [-0.15, -0.1) is 0 Å². The summed E-state index contributed by atoms with van der Waals surface area (Å²) in [4.78, 5) is 0. The first-order chi connectivity index (χ1) is 7.67. The van der Waals surface area contributed by atoms with E-state index >= 15 is 0 Å². The lowest BCUT2D eigenvalue weighted by Crippen LogP contribution is -2.29. The Bertz CT molecular complexity index is 322. The van der Waals surface area contributed by atoms with Gasteiger partial charge in [0.1, 0.15) is 17.7 Å². The number of hydrogen-bond acceptors (Lipinski definition) is 2. The third-order valence-corrected chi connectivity index (χ3v) is 2.47. The molecule has 0 aliphatic rings. The van der Waals surface area contributed by atoms with E-state index < -0.39 is 0 Å². The van der Waals surface area contributed by atoms with E-state index in [0.29, 0.717) is 5.56 Å². The van der Waals surface area contributed by atoms with Gasteiger partial charge in [0.25, 0.3) is 0 Å². The monoisotopic (exact) mass is 225 g/mol. The highest BCUT2D eigenvalue weighted by Crippen LogP contribution is 2.18. The van der Waals surface area contributed by atoms with Crippen molar-refractivity contribution in [1.82, 2.24) is 5.32 Å². The summed E-state index contributed by atoms with van der Waals surface area (Å²) in [5.41, 5.74) is 0.622. The van der Waals surface area contributed by atoms with E-state index in [9.17, 15) is 4.39 Å². The van der Waals surface area contributed by atoms with Gasteiger partial charge in [-0.05, 0) is 44.2 Å². The van der Waals surface area contributed by atoms with Crippen LogP contribution in [0.5, 0.6) is 5.75 Å². The van der Waals surface area contributed by atoms with Gasteiger partial charge in [0.2, 0.25) is 0 Å². The zero-order valence-electron chi connectivity index (χ0n) is 10.2. The molecule has 1 N–H and O–H groups in total. The molecule has 0 fully saturated rings. The van der Waals surface area contributed by atoms with Crippen LogP contribution in [0.3, 0.4) is 0 Å². The summed E-state index contributed by atoms with van der Waals surface area (Å²) in [6, 6.07) is 4.88. The van der Waals surface area contributed by atoms with Crippen LogP contribution < -0.4 is 10.1 Å². The highest BCUT2D eigenvalue weighted by Gasteiger charge is 2.09. The Balaban J connectivity index is 2.65. The molecule has 0 aliphatic heterocycles. The lowest BCUT2D eigenvalue weighted by atomic mass is 10.2. The van der Waals surface area contributed by atoms with Gasteiger partial charge in [-0.1, -0.05) is 13.3 Å². The third kappa shape index (κ3) is 3.81. The van der Waals surface area contributed by atoms with Crippen LogP contribution in [0.25, 0.3) is 0 Å². The Morgan fingerprint density at radius 2 is 2.19 bits per heavy atom. The van der Waals surface area contributed by atoms with Crippen LogP contribution in [0.15, 0.2) is 18.2 Å². The van der Waals surface area contributed by atoms with Crippen LogP contribution in [0.4, 0.5) is 4.39 Å². The number of halogens is 1. The standard InChI is InChI=1S/C13H20FNO/c1-4-5-12(9-15-3)16-11-6-7-13(14)10(2)8-11/h6-8,12,15H,4-5,9H2,1-3H3. The molecular formula is C13H20FNO. The van der Waals surface area contributed by atoms with Crippen molar-refractivity contribution < 1.29 is 9.13 Å². The minimum absolute atomic E-state index is 0.153. The molecule has 3 heteroatoms. The molecule has 1 rings (SSSR count). The van der Waals surface area contributed by atoms with Crippen LogP contribution in [0, 0.1) is 12.7 Å². The summed E-state index contributed by atoms with van der Waals surface area (Å²) in [5, 5.41) is 3.10. The summed E-state index contributed by atoms with van der Waals surface area (Å²) in [5.74, 6) is 0.556. The molecule has 90 valence electrons. The molecule has 1 aromatic carbocycles. The van der Waals surface area contributed by atoms with Gasteiger partial charge in [-0.2, -0.15) is 0 Å². The molecule has 0 amide bonds. The Hall–Kier alpha value is -1.09. The molecule has 2 nitrogen and oxygen atoms in total.